The molecule has 0 N–H and O–H groups in total. The third-order valence-corrected chi connectivity index (χ3v) is 3.73. The minimum atomic E-state index is -0.749. The fourth-order valence-electron chi connectivity index (χ4n) is 2.40. The summed E-state index contributed by atoms with van der Waals surface area (Å²) in [4.78, 5) is 12.1. The van der Waals surface area contributed by atoms with E-state index in [1.807, 2.05) is 36.4 Å². The summed E-state index contributed by atoms with van der Waals surface area (Å²) in [6.07, 6.45) is 2.76. The molecule has 0 atom stereocenters. The molecule has 0 aliphatic rings. The molecule has 0 unspecified atom stereocenters. The van der Waals surface area contributed by atoms with Crippen LogP contribution >= 0.6 is 0 Å². The lowest BCUT2D eigenvalue weighted by atomic mass is 10.1. The molecule has 0 aromatic heterocycles. The molecule has 0 heterocycles. The van der Waals surface area contributed by atoms with Crippen LogP contribution in [0.15, 0.2) is 78.9 Å². The van der Waals surface area contributed by atoms with Crippen molar-refractivity contribution in [2.45, 2.75) is 6.61 Å². The molecule has 0 aliphatic carbocycles. The van der Waals surface area contributed by atoms with E-state index >= 15 is 0 Å². The minimum absolute atomic E-state index is 0.294. The zero-order valence-electron chi connectivity index (χ0n) is 13.9. The molecule has 3 aromatic rings. The number of allylic oxidation sites excluding steroid dienone is 1. The SMILES string of the molecule is O=C(/C=C/c1cccc(OCc2ccccc2)c1)c1cc(F)ccc1F. The highest BCUT2D eigenvalue weighted by Crippen LogP contribution is 2.17. The van der Waals surface area contributed by atoms with Crippen molar-refractivity contribution < 1.29 is 18.3 Å². The maximum atomic E-state index is 13.6. The maximum Gasteiger partial charge on any atom is 0.188 e. The molecule has 0 spiro atoms. The Bertz CT molecular complexity index is 934. The molecule has 130 valence electrons. The molecule has 0 fully saturated rings. The first kappa shape index (κ1) is 17.5. The predicted molar refractivity (Wildman–Crippen MR) is 96.9 cm³/mol. The molecule has 4 heteroatoms. The second-order valence-electron chi connectivity index (χ2n) is 5.67. The van der Waals surface area contributed by atoms with Gasteiger partial charge in [0, 0.05) is 0 Å². The van der Waals surface area contributed by atoms with Crippen molar-refractivity contribution in [3.05, 3.63) is 107 Å². The number of halogens is 2. The van der Waals surface area contributed by atoms with Gasteiger partial charge in [0.15, 0.2) is 5.78 Å². The van der Waals surface area contributed by atoms with Gasteiger partial charge in [-0.05, 0) is 47.5 Å². The molecule has 0 amide bonds. The Balaban J connectivity index is 1.69. The van der Waals surface area contributed by atoms with Gasteiger partial charge in [0.2, 0.25) is 0 Å². The van der Waals surface area contributed by atoms with Crippen molar-refractivity contribution in [2.75, 3.05) is 0 Å². The molecular weight excluding hydrogens is 334 g/mol. The Hall–Kier alpha value is -3.27. The van der Waals surface area contributed by atoms with Gasteiger partial charge in [-0.3, -0.25) is 4.79 Å². The molecule has 0 aliphatic heterocycles. The van der Waals surface area contributed by atoms with E-state index in [1.54, 1.807) is 24.3 Å². The maximum absolute atomic E-state index is 13.6. The van der Waals surface area contributed by atoms with Gasteiger partial charge in [0.25, 0.3) is 0 Å². The first-order chi connectivity index (χ1) is 12.6. The van der Waals surface area contributed by atoms with Crippen molar-refractivity contribution in [2.24, 2.45) is 0 Å². The second kappa shape index (κ2) is 8.21. The fraction of sp³-hybridized carbons (Fsp3) is 0.0455. The van der Waals surface area contributed by atoms with Crippen molar-refractivity contribution in [1.29, 1.82) is 0 Å². The number of benzene rings is 3. The summed E-state index contributed by atoms with van der Waals surface area (Å²) in [7, 11) is 0. The summed E-state index contributed by atoms with van der Waals surface area (Å²) >= 11 is 0. The highest BCUT2D eigenvalue weighted by atomic mass is 19.1. The summed E-state index contributed by atoms with van der Waals surface area (Å²) < 4.78 is 32.5. The van der Waals surface area contributed by atoms with E-state index in [9.17, 15) is 13.6 Å². The number of rotatable bonds is 6. The molecule has 0 saturated heterocycles. The van der Waals surface area contributed by atoms with Crippen LogP contribution in [0.5, 0.6) is 5.75 Å². The van der Waals surface area contributed by atoms with Crippen LogP contribution in [-0.4, -0.2) is 5.78 Å². The summed E-state index contributed by atoms with van der Waals surface area (Å²) in [5, 5.41) is 0. The van der Waals surface area contributed by atoms with E-state index in [2.05, 4.69) is 0 Å². The van der Waals surface area contributed by atoms with Gasteiger partial charge in [-0.25, -0.2) is 8.78 Å². The van der Waals surface area contributed by atoms with Gasteiger partial charge in [0.1, 0.15) is 24.0 Å². The first-order valence-electron chi connectivity index (χ1n) is 8.06. The van der Waals surface area contributed by atoms with Crippen molar-refractivity contribution in [1.82, 2.24) is 0 Å². The zero-order valence-corrected chi connectivity index (χ0v) is 13.9. The van der Waals surface area contributed by atoms with Crippen LogP contribution < -0.4 is 4.74 Å². The van der Waals surface area contributed by atoms with E-state index in [4.69, 9.17) is 4.74 Å². The van der Waals surface area contributed by atoms with Crippen LogP contribution in [-0.2, 0) is 6.61 Å². The lowest BCUT2D eigenvalue weighted by Gasteiger charge is -2.07. The lowest BCUT2D eigenvalue weighted by molar-refractivity contribution is 0.104. The van der Waals surface area contributed by atoms with Crippen molar-refractivity contribution in [3.63, 3.8) is 0 Å². The molecule has 26 heavy (non-hydrogen) atoms. The quantitative estimate of drug-likeness (QED) is 0.437. The van der Waals surface area contributed by atoms with Gasteiger partial charge < -0.3 is 4.74 Å². The average Bonchev–Trinajstić information content (AvgIpc) is 2.67. The zero-order chi connectivity index (χ0) is 18.4. The first-order valence-corrected chi connectivity index (χ1v) is 8.06. The molecule has 2 nitrogen and oxygen atoms in total. The topological polar surface area (TPSA) is 26.3 Å². The number of carbonyl (C=O) groups excluding carboxylic acids is 1. The fourth-order valence-corrected chi connectivity index (χ4v) is 2.40. The smallest absolute Gasteiger partial charge is 0.188 e. The third-order valence-electron chi connectivity index (χ3n) is 3.73. The molecule has 3 rings (SSSR count). The molecule has 0 radical (unpaired) electrons. The van der Waals surface area contributed by atoms with E-state index in [0.717, 1.165) is 29.3 Å². The number of hydrogen-bond donors (Lipinski definition) is 0. The largest absolute Gasteiger partial charge is 0.489 e. The number of ketones is 1. The molecule has 3 aromatic carbocycles. The standard InChI is InChI=1S/C22H16F2O2/c23-18-10-11-21(24)20(14-18)22(25)12-9-16-7-4-8-19(13-16)26-15-17-5-2-1-3-6-17/h1-14H,15H2/b12-9+. The van der Waals surface area contributed by atoms with Gasteiger partial charge in [-0.1, -0.05) is 48.5 Å². The lowest BCUT2D eigenvalue weighted by Crippen LogP contribution is -1.99. The molecule has 0 saturated carbocycles. The molecular formula is C22H16F2O2. The van der Waals surface area contributed by atoms with Gasteiger partial charge >= 0.3 is 0 Å². The summed E-state index contributed by atoms with van der Waals surface area (Å²) in [6.45, 7) is 0.432. The number of hydrogen-bond acceptors (Lipinski definition) is 2. The van der Waals surface area contributed by atoms with E-state index < -0.39 is 17.4 Å². The van der Waals surface area contributed by atoms with Crippen LogP contribution in [0.2, 0.25) is 0 Å². The van der Waals surface area contributed by atoms with Gasteiger partial charge in [-0.15, -0.1) is 0 Å². The Morgan fingerprint density at radius 2 is 1.73 bits per heavy atom. The van der Waals surface area contributed by atoms with Crippen LogP contribution in [0.1, 0.15) is 21.5 Å². The van der Waals surface area contributed by atoms with Crippen LogP contribution in [0.25, 0.3) is 6.08 Å². The van der Waals surface area contributed by atoms with E-state index in [1.165, 1.54) is 6.08 Å². The normalized spacial score (nSPS) is 10.8. The van der Waals surface area contributed by atoms with Crippen LogP contribution in [0.3, 0.4) is 0 Å². The summed E-state index contributed by atoms with van der Waals surface area (Å²) in [5.74, 6) is -1.35. The predicted octanol–water partition coefficient (Wildman–Crippen LogP) is 5.44. The average molecular weight is 350 g/mol. The third kappa shape index (κ3) is 4.63. The summed E-state index contributed by atoms with van der Waals surface area (Å²) in [5.41, 5.74) is 1.48. The monoisotopic (exact) mass is 350 g/mol. The van der Waals surface area contributed by atoms with Crippen molar-refractivity contribution >= 4 is 11.9 Å². The Kier molecular flexibility index (Phi) is 5.54. The second-order valence-corrected chi connectivity index (χ2v) is 5.67. The Labute approximate surface area is 150 Å². The van der Waals surface area contributed by atoms with Gasteiger partial charge in [0.05, 0.1) is 5.56 Å². The van der Waals surface area contributed by atoms with E-state index in [-0.39, 0.29) is 5.56 Å². The number of ether oxygens (including phenoxy) is 1. The highest BCUT2D eigenvalue weighted by molar-refractivity contribution is 6.07. The van der Waals surface area contributed by atoms with Crippen LogP contribution in [0.4, 0.5) is 8.78 Å². The highest BCUT2D eigenvalue weighted by Gasteiger charge is 2.10. The van der Waals surface area contributed by atoms with Crippen LogP contribution in [0, 0.1) is 11.6 Å². The minimum Gasteiger partial charge on any atom is -0.489 e. The Morgan fingerprint density at radius 1 is 0.923 bits per heavy atom. The van der Waals surface area contributed by atoms with Crippen molar-refractivity contribution in [3.8, 4) is 5.75 Å². The molecule has 0 bridgehead atoms. The summed E-state index contributed by atoms with van der Waals surface area (Å²) in [6, 6.07) is 19.7. The Morgan fingerprint density at radius 3 is 2.54 bits per heavy atom. The van der Waals surface area contributed by atoms with Gasteiger partial charge in [-0.2, -0.15) is 0 Å². The number of carbonyl (C=O) groups is 1. The van der Waals surface area contributed by atoms with E-state index in [0.29, 0.717) is 12.4 Å².